The maximum Gasteiger partial charge on any atom is 0.179 e. The molecule has 0 bridgehead atoms. The van der Waals surface area contributed by atoms with Gasteiger partial charge >= 0.3 is 0 Å². The molecule has 0 atom stereocenters. The molecule has 1 aliphatic heterocycles. The van der Waals surface area contributed by atoms with Crippen LogP contribution < -0.4 is 4.74 Å². The molecule has 140 valence electrons. The largest absolute Gasteiger partial charge is 0.497 e. The minimum Gasteiger partial charge on any atom is -0.497 e. The Morgan fingerprint density at radius 1 is 1.04 bits per heavy atom. The molecule has 2 aromatic rings. The van der Waals surface area contributed by atoms with E-state index in [2.05, 4.69) is 35.2 Å². The molecule has 0 aliphatic carbocycles. The lowest BCUT2D eigenvalue weighted by Crippen LogP contribution is -2.37. The first-order valence-corrected chi connectivity index (χ1v) is 10.8. The molecule has 0 radical (unpaired) electrons. The van der Waals surface area contributed by atoms with Crippen molar-refractivity contribution >= 4 is 9.84 Å². The molecule has 2 aromatic carbocycles. The van der Waals surface area contributed by atoms with Gasteiger partial charge in [0.05, 0.1) is 17.8 Å². The van der Waals surface area contributed by atoms with Crippen LogP contribution in [0.15, 0.2) is 59.5 Å². The number of ether oxygens (including phenoxy) is 1. The fourth-order valence-electron chi connectivity index (χ4n) is 3.52. The second-order valence-electron chi connectivity index (χ2n) is 6.97. The average Bonchev–Trinajstić information content (AvgIpc) is 2.68. The molecule has 1 heterocycles. The van der Waals surface area contributed by atoms with Gasteiger partial charge in [-0.1, -0.05) is 36.4 Å². The first kappa shape index (κ1) is 18.9. The van der Waals surface area contributed by atoms with Crippen LogP contribution in [0.3, 0.4) is 0 Å². The van der Waals surface area contributed by atoms with E-state index >= 15 is 0 Å². The second-order valence-corrected chi connectivity index (χ2v) is 9.08. The highest BCUT2D eigenvalue weighted by molar-refractivity contribution is 7.91. The number of piperidine rings is 1. The van der Waals surface area contributed by atoms with Gasteiger partial charge in [-0.3, -0.25) is 0 Å². The van der Waals surface area contributed by atoms with Gasteiger partial charge in [0.15, 0.2) is 9.84 Å². The Bertz CT molecular complexity index is 797. The van der Waals surface area contributed by atoms with Crippen LogP contribution in [-0.4, -0.2) is 45.8 Å². The Morgan fingerprint density at radius 3 is 2.46 bits per heavy atom. The van der Waals surface area contributed by atoms with Gasteiger partial charge in [-0.2, -0.15) is 0 Å². The molecule has 0 saturated carbocycles. The summed E-state index contributed by atoms with van der Waals surface area (Å²) in [4.78, 5) is 2.62. The Balaban J connectivity index is 1.48. The summed E-state index contributed by atoms with van der Waals surface area (Å²) in [5, 5.41) is 0. The van der Waals surface area contributed by atoms with Gasteiger partial charge in [0.2, 0.25) is 0 Å². The number of hydrogen-bond acceptors (Lipinski definition) is 4. The molecule has 1 aliphatic rings. The molecule has 4 nitrogen and oxygen atoms in total. The standard InChI is InChI=1S/C21H27NO3S/c1-25-20-8-5-9-21(17-20)26(23,24)15-14-22-12-10-19(11-13-22)16-18-6-3-2-4-7-18/h2-9,17,19H,10-16H2,1H3. The van der Waals surface area contributed by atoms with Crippen molar-refractivity contribution in [1.29, 1.82) is 0 Å². The lowest BCUT2D eigenvalue weighted by Gasteiger charge is -2.31. The number of benzene rings is 2. The van der Waals surface area contributed by atoms with Gasteiger partial charge in [-0.05, 0) is 62.0 Å². The van der Waals surface area contributed by atoms with E-state index in [0.717, 1.165) is 32.4 Å². The average molecular weight is 374 g/mol. The quantitative estimate of drug-likeness (QED) is 0.746. The Kier molecular flexibility index (Phi) is 6.33. The molecular formula is C21H27NO3S. The van der Waals surface area contributed by atoms with Crippen molar-refractivity contribution in [2.24, 2.45) is 5.92 Å². The normalized spacial score (nSPS) is 16.5. The van der Waals surface area contributed by atoms with E-state index in [9.17, 15) is 8.42 Å². The van der Waals surface area contributed by atoms with Crippen molar-refractivity contribution in [1.82, 2.24) is 4.90 Å². The predicted molar refractivity (Wildman–Crippen MR) is 104 cm³/mol. The minimum absolute atomic E-state index is 0.156. The van der Waals surface area contributed by atoms with Gasteiger partial charge in [0, 0.05) is 6.54 Å². The van der Waals surface area contributed by atoms with Crippen LogP contribution in [0.5, 0.6) is 5.75 Å². The van der Waals surface area contributed by atoms with Crippen molar-refractivity contribution in [3.05, 3.63) is 60.2 Å². The summed E-state index contributed by atoms with van der Waals surface area (Å²) in [6.07, 6.45) is 3.39. The highest BCUT2D eigenvalue weighted by Gasteiger charge is 2.22. The van der Waals surface area contributed by atoms with Gasteiger partial charge in [0.25, 0.3) is 0 Å². The van der Waals surface area contributed by atoms with Crippen LogP contribution in [-0.2, 0) is 16.3 Å². The lowest BCUT2D eigenvalue weighted by atomic mass is 9.90. The zero-order valence-electron chi connectivity index (χ0n) is 15.3. The van der Waals surface area contributed by atoms with Gasteiger partial charge in [0.1, 0.15) is 5.75 Å². The van der Waals surface area contributed by atoms with E-state index in [4.69, 9.17) is 4.74 Å². The second kappa shape index (κ2) is 8.69. The predicted octanol–water partition coefficient (Wildman–Crippen LogP) is 3.42. The molecule has 0 unspecified atom stereocenters. The van der Waals surface area contributed by atoms with Gasteiger partial charge in [-0.15, -0.1) is 0 Å². The molecule has 0 N–H and O–H groups in total. The van der Waals surface area contributed by atoms with Crippen molar-refractivity contribution in [2.75, 3.05) is 32.5 Å². The maximum atomic E-state index is 12.6. The summed E-state index contributed by atoms with van der Waals surface area (Å²) in [5.41, 5.74) is 1.39. The third kappa shape index (κ3) is 5.08. The van der Waals surface area contributed by atoms with E-state index in [-0.39, 0.29) is 5.75 Å². The molecule has 5 heteroatoms. The van der Waals surface area contributed by atoms with Crippen LogP contribution >= 0.6 is 0 Å². The van der Waals surface area contributed by atoms with Crippen LogP contribution in [0.2, 0.25) is 0 Å². The van der Waals surface area contributed by atoms with Crippen LogP contribution in [0.25, 0.3) is 0 Å². The summed E-state index contributed by atoms with van der Waals surface area (Å²) in [6.45, 7) is 2.55. The van der Waals surface area contributed by atoms with Crippen molar-refractivity contribution in [3.63, 3.8) is 0 Å². The Morgan fingerprint density at radius 2 is 1.77 bits per heavy atom. The first-order chi connectivity index (χ1) is 12.6. The number of rotatable bonds is 7. The lowest BCUT2D eigenvalue weighted by molar-refractivity contribution is 0.193. The van der Waals surface area contributed by atoms with E-state index in [1.54, 1.807) is 31.4 Å². The zero-order chi connectivity index (χ0) is 18.4. The van der Waals surface area contributed by atoms with E-state index in [1.165, 1.54) is 5.56 Å². The molecule has 26 heavy (non-hydrogen) atoms. The molecule has 1 fully saturated rings. The molecule has 0 aromatic heterocycles. The number of sulfone groups is 1. The highest BCUT2D eigenvalue weighted by atomic mass is 32.2. The summed E-state index contributed by atoms with van der Waals surface area (Å²) in [7, 11) is -1.73. The van der Waals surface area contributed by atoms with E-state index in [1.807, 2.05) is 0 Å². The monoisotopic (exact) mass is 373 g/mol. The molecule has 1 saturated heterocycles. The summed E-state index contributed by atoms with van der Waals surface area (Å²) < 4.78 is 30.3. The summed E-state index contributed by atoms with van der Waals surface area (Å²) >= 11 is 0. The van der Waals surface area contributed by atoms with Crippen molar-refractivity contribution in [2.45, 2.75) is 24.2 Å². The number of methoxy groups -OCH3 is 1. The number of likely N-dealkylation sites (tertiary alicyclic amines) is 1. The fraction of sp³-hybridized carbons (Fsp3) is 0.429. The first-order valence-electron chi connectivity index (χ1n) is 9.20. The smallest absolute Gasteiger partial charge is 0.179 e. The molecule has 0 spiro atoms. The van der Waals surface area contributed by atoms with E-state index in [0.29, 0.717) is 23.1 Å². The minimum atomic E-state index is -3.28. The third-order valence-electron chi connectivity index (χ3n) is 5.15. The Labute approximate surface area is 156 Å². The zero-order valence-corrected chi connectivity index (χ0v) is 16.1. The maximum absolute atomic E-state index is 12.6. The SMILES string of the molecule is COc1cccc(S(=O)(=O)CCN2CCC(Cc3ccccc3)CC2)c1. The Hall–Kier alpha value is -1.85. The fourth-order valence-corrected chi connectivity index (χ4v) is 4.84. The van der Waals surface area contributed by atoms with Crippen LogP contribution in [0.4, 0.5) is 0 Å². The van der Waals surface area contributed by atoms with Gasteiger partial charge in [-0.25, -0.2) is 8.42 Å². The van der Waals surface area contributed by atoms with Crippen molar-refractivity contribution < 1.29 is 13.2 Å². The van der Waals surface area contributed by atoms with Crippen LogP contribution in [0.1, 0.15) is 18.4 Å². The van der Waals surface area contributed by atoms with Crippen molar-refractivity contribution in [3.8, 4) is 5.75 Å². The summed E-state index contributed by atoms with van der Waals surface area (Å²) in [5.74, 6) is 1.43. The van der Waals surface area contributed by atoms with Gasteiger partial charge < -0.3 is 9.64 Å². The number of hydrogen-bond donors (Lipinski definition) is 0. The third-order valence-corrected chi connectivity index (χ3v) is 6.84. The number of nitrogens with zero attached hydrogens (tertiary/aromatic N) is 1. The van der Waals surface area contributed by atoms with E-state index < -0.39 is 9.84 Å². The highest BCUT2D eigenvalue weighted by Crippen LogP contribution is 2.22. The summed E-state index contributed by atoms with van der Waals surface area (Å²) in [6, 6.07) is 17.3. The van der Waals surface area contributed by atoms with Crippen LogP contribution in [0, 0.1) is 5.92 Å². The molecule has 3 rings (SSSR count). The molecule has 0 amide bonds. The molecular weight excluding hydrogens is 346 g/mol. The topological polar surface area (TPSA) is 46.6 Å².